The molecule has 1 fully saturated rings. The van der Waals surface area contributed by atoms with Gasteiger partial charge in [0.05, 0.1) is 12.6 Å². The predicted molar refractivity (Wildman–Crippen MR) is 74.8 cm³/mol. The second kappa shape index (κ2) is 6.16. The summed E-state index contributed by atoms with van der Waals surface area (Å²) in [5.41, 5.74) is 0.629. The van der Waals surface area contributed by atoms with Crippen LogP contribution in [0.15, 0.2) is 34.7 Å². The Labute approximate surface area is 126 Å². The fraction of sp³-hybridized carbons (Fsp3) is 0.375. The Hall–Kier alpha value is -1.76. The standard InChI is InChI=1S/C16H17F2NO3/c17-14-4-1-10(5-15(14)18)16-6-11(21)7-19(16)8-12-2-3-13(9-20)22-12/h1-5,11,16,20-21H,6-9H2. The summed E-state index contributed by atoms with van der Waals surface area (Å²) in [6.07, 6.45) is -0.0658. The van der Waals surface area contributed by atoms with Crippen molar-refractivity contribution in [1.82, 2.24) is 4.90 Å². The van der Waals surface area contributed by atoms with Gasteiger partial charge < -0.3 is 14.6 Å². The maximum atomic E-state index is 13.4. The normalized spacial score (nSPS) is 22.4. The summed E-state index contributed by atoms with van der Waals surface area (Å²) in [6, 6.07) is 7.06. The highest BCUT2D eigenvalue weighted by Gasteiger charge is 2.33. The molecule has 0 spiro atoms. The number of benzene rings is 1. The molecule has 2 heterocycles. The van der Waals surface area contributed by atoms with Gasteiger partial charge >= 0.3 is 0 Å². The van der Waals surface area contributed by atoms with Crippen LogP contribution < -0.4 is 0 Å². The van der Waals surface area contributed by atoms with E-state index in [9.17, 15) is 13.9 Å². The van der Waals surface area contributed by atoms with Crippen LogP contribution in [-0.2, 0) is 13.2 Å². The van der Waals surface area contributed by atoms with Gasteiger partial charge in [-0.25, -0.2) is 8.78 Å². The lowest BCUT2D eigenvalue weighted by molar-refractivity contribution is 0.166. The molecule has 1 aromatic carbocycles. The zero-order valence-corrected chi connectivity index (χ0v) is 11.9. The Bertz CT molecular complexity index is 659. The van der Waals surface area contributed by atoms with Gasteiger partial charge in [0.1, 0.15) is 18.1 Å². The molecular formula is C16H17F2NO3. The number of hydrogen-bond donors (Lipinski definition) is 2. The predicted octanol–water partition coefficient (Wildman–Crippen LogP) is 2.36. The minimum Gasteiger partial charge on any atom is -0.462 e. The zero-order valence-electron chi connectivity index (χ0n) is 11.9. The number of hydrogen-bond acceptors (Lipinski definition) is 4. The summed E-state index contributed by atoms with van der Waals surface area (Å²) < 4.78 is 32.0. The number of aliphatic hydroxyl groups is 2. The number of β-amino-alcohol motifs (C(OH)–C–C–N with tert-alkyl or cyclic N) is 1. The average molecular weight is 309 g/mol. The molecule has 3 rings (SSSR count). The Kier molecular flexibility index (Phi) is 4.24. The van der Waals surface area contributed by atoms with E-state index in [0.717, 1.165) is 6.07 Å². The van der Waals surface area contributed by atoms with Crippen LogP contribution in [0.25, 0.3) is 0 Å². The zero-order chi connectivity index (χ0) is 15.7. The minimum absolute atomic E-state index is 0.171. The molecule has 2 N–H and O–H groups in total. The lowest BCUT2D eigenvalue weighted by Gasteiger charge is -2.23. The van der Waals surface area contributed by atoms with E-state index in [1.165, 1.54) is 12.1 Å². The van der Waals surface area contributed by atoms with Crippen LogP contribution in [0.3, 0.4) is 0 Å². The Morgan fingerprint density at radius 1 is 1.14 bits per heavy atom. The van der Waals surface area contributed by atoms with Gasteiger partial charge in [-0.15, -0.1) is 0 Å². The van der Waals surface area contributed by atoms with Gasteiger partial charge in [-0.05, 0) is 36.2 Å². The van der Waals surface area contributed by atoms with Crippen molar-refractivity contribution in [3.63, 3.8) is 0 Å². The molecule has 4 nitrogen and oxygen atoms in total. The van der Waals surface area contributed by atoms with E-state index in [-0.39, 0.29) is 12.6 Å². The van der Waals surface area contributed by atoms with Crippen LogP contribution in [-0.4, -0.2) is 27.8 Å². The molecule has 0 bridgehead atoms. The smallest absolute Gasteiger partial charge is 0.159 e. The molecule has 22 heavy (non-hydrogen) atoms. The van der Waals surface area contributed by atoms with Crippen LogP contribution in [0.2, 0.25) is 0 Å². The maximum absolute atomic E-state index is 13.4. The number of rotatable bonds is 4. The van der Waals surface area contributed by atoms with Gasteiger partial charge in [0.25, 0.3) is 0 Å². The Morgan fingerprint density at radius 3 is 2.59 bits per heavy atom. The highest BCUT2D eigenvalue weighted by Crippen LogP contribution is 2.34. The number of halogens is 2. The van der Waals surface area contributed by atoms with E-state index >= 15 is 0 Å². The van der Waals surface area contributed by atoms with Gasteiger partial charge in [0.15, 0.2) is 11.6 Å². The van der Waals surface area contributed by atoms with Crippen molar-refractivity contribution in [2.75, 3.05) is 6.54 Å². The number of aliphatic hydroxyl groups excluding tert-OH is 2. The van der Waals surface area contributed by atoms with E-state index in [1.54, 1.807) is 12.1 Å². The summed E-state index contributed by atoms with van der Waals surface area (Å²) in [5, 5.41) is 18.9. The number of furan rings is 1. The molecule has 2 atom stereocenters. The highest BCUT2D eigenvalue weighted by molar-refractivity contribution is 5.23. The van der Waals surface area contributed by atoms with Gasteiger partial charge in [-0.3, -0.25) is 4.90 Å². The van der Waals surface area contributed by atoms with Crippen molar-refractivity contribution in [1.29, 1.82) is 0 Å². The van der Waals surface area contributed by atoms with Crippen molar-refractivity contribution in [2.45, 2.75) is 31.7 Å². The maximum Gasteiger partial charge on any atom is 0.159 e. The summed E-state index contributed by atoms with van der Waals surface area (Å²) in [7, 11) is 0. The summed E-state index contributed by atoms with van der Waals surface area (Å²) in [5.74, 6) is -0.642. The van der Waals surface area contributed by atoms with Crippen LogP contribution in [0.5, 0.6) is 0 Å². The van der Waals surface area contributed by atoms with Crippen LogP contribution >= 0.6 is 0 Å². The first-order valence-corrected chi connectivity index (χ1v) is 7.12. The molecule has 1 aromatic heterocycles. The molecule has 1 saturated heterocycles. The Morgan fingerprint density at radius 2 is 1.91 bits per heavy atom. The fourth-order valence-electron chi connectivity index (χ4n) is 2.91. The molecule has 0 saturated carbocycles. The van der Waals surface area contributed by atoms with E-state index in [1.807, 2.05) is 4.90 Å². The van der Waals surface area contributed by atoms with E-state index in [4.69, 9.17) is 9.52 Å². The van der Waals surface area contributed by atoms with Crippen molar-refractivity contribution >= 4 is 0 Å². The minimum atomic E-state index is -0.889. The average Bonchev–Trinajstić information content (AvgIpc) is 3.09. The Balaban J connectivity index is 1.80. The third-order valence-corrected chi connectivity index (χ3v) is 3.94. The molecule has 6 heteroatoms. The first-order chi connectivity index (χ1) is 10.6. The second-order valence-corrected chi connectivity index (χ2v) is 5.53. The van der Waals surface area contributed by atoms with Crippen molar-refractivity contribution < 1.29 is 23.4 Å². The fourth-order valence-corrected chi connectivity index (χ4v) is 2.91. The van der Waals surface area contributed by atoms with Gasteiger partial charge in [0, 0.05) is 12.6 Å². The third kappa shape index (κ3) is 3.04. The first-order valence-electron chi connectivity index (χ1n) is 7.12. The van der Waals surface area contributed by atoms with E-state index in [0.29, 0.717) is 36.6 Å². The van der Waals surface area contributed by atoms with Gasteiger partial charge in [0.2, 0.25) is 0 Å². The van der Waals surface area contributed by atoms with E-state index < -0.39 is 17.7 Å². The lowest BCUT2D eigenvalue weighted by Crippen LogP contribution is -2.24. The van der Waals surface area contributed by atoms with Crippen molar-refractivity contribution in [3.05, 3.63) is 59.1 Å². The molecule has 0 radical (unpaired) electrons. The summed E-state index contributed by atoms with van der Waals surface area (Å²) in [4.78, 5) is 1.96. The number of likely N-dealkylation sites (tertiary alicyclic amines) is 1. The van der Waals surface area contributed by atoms with Crippen LogP contribution in [0.1, 0.15) is 29.5 Å². The van der Waals surface area contributed by atoms with Crippen molar-refractivity contribution in [3.8, 4) is 0 Å². The molecule has 1 aliphatic heterocycles. The molecule has 1 aliphatic rings. The number of nitrogens with zero attached hydrogens (tertiary/aromatic N) is 1. The molecule has 2 unspecified atom stereocenters. The molecule has 118 valence electrons. The molecule has 0 amide bonds. The SMILES string of the molecule is OCc1ccc(CN2CC(O)CC2c2ccc(F)c(F)c2)o1. The topological polar surface area (TPSA) is 56.8 Å². The third-order valence-electron chi connectivity index (χ3n) is 3.94. The summed E-state index contributed by atoms with van der Waals surface area (Å²) >= 11 is 0. The van der Waals surface area contributed by atoms with Crippen LogP contribution in [0.4, 0.5) is 8.78 Å². The molecule has 2 aromatic rings. The summed E-state index contributed by atoms with van der Waals surface area (Å²) in [6.45, 7) is 0.689. The second-order valence-electron chi connectivity index (χ2n) is 5.53. The van der Waals surface area contributed by atoms with Crippen molar-refractivity contribution in [2.24, 2.45) is 0 Å². The first kappa shape index (κ1) is 15.1. The van der Waals surface area contributed by atoms with Gasteiger partial charge in [-0.2, -0.15) is 0 Å². The lowest BCUT2D eigenvalue weighted by atomic mass is 10.0. The highest BCUT2D eigenvalue weighted by atomic mass is 19.2. The molecular weight excluding hydrogens is 292 g/mol. The molecule has 0 aliphatic carbocycles. The van der Waals surface area contributed by atoms with Crippen LogP contribution in [0, 0.1) is 11.6 Å². The van der Waals surface area contributed by atoms with E-state index in [2.05, 4.69) is 0 Å². The monoisotopic (exact) mass is 309 g/mol. The largest absolute Gasteiger partial charge is 0.462 e. The van der Waals surface area contributed by atoms with Gasteiger partial charge in [-0.1, -0.05) is 6.07 Å². The quantitative estimate of drug-likeness (QED) is 0.910.